The lowest BCUT2D eigenvalue weighted by atomic mass is 9.60. The van der Waals surface area contributed by atoms with Gasteiger partial charge in [0.2, 0.25) is 16.4 Å². The number of sulfonamides is 1. The van der Waals surface area contributed by atoms with Crippen molar-refractivity contribution in [3.05, 3.63) is 41.5 Å². The maximum absolute atomic E-state index is 13.7. The molecular weight excluding hydrogens is 566 g/mol. The number of hydrogen-bond donors (Lipinski definition) is 3. The van der Waals surface area contributed by atoms with Crippen molar-refractivity contribution in [3.63, 3.8) is 0 Å². The molecule has 4 heterocycles. The number of fused-ring (bicyclic) bond motifs is 2. The lowest BCUT2D eigenvalue weighted by Crippen LogP contribution is -2.61. The van der Waals surface area contributed by atoms with Crippen LogP contribution in [-0.2, 0) is 10.0 Å². The van der Waals surface area contributed by atoms with Crippen LogP contribution < -0.4 is 19.8 Å². The molecule has 1 aliphatic carbocycles. The van der Waals surface area contributed by atoms with Crippen molar-refractivity contribution in [1.82, 2.24) is 4.98 Å². The highest BCUT2D eigenvalue weighted by atomic mass is 32.2. The monoisotopic (exact) mass is 599 g/mol. The number of aromatic nitrogens is 1. The quantitative estimate of drug-likeness (QED) is 0.370. The molecule has 1 amide bonds. The van der Waals surface area contributed by atoms with Crippen LogP contribution in [0.5, 0.6) is 0 Å². The van der Waals surface area contributed by atoms with Gasteiger partial charge in [0.15, 0.2) is 0 Å². The molecule has 224 valence electrons. The minimum Gasteiger partial charge on any atom is -0.395 e. The van der Waals surface area contributed by atoms with Crippen molar-refractivity contribution in [1.29, 1.82) is 0 Å². The number of benzene rings is 1. The van der Waals surface area contributed by atoms with Gasteiger partial charge < -0.3 is 20.2 Å². The Morgan fingerprint density at radius 2 is 1.83 bits per heavy atom. The Morgan fingerprint density at radius 1 is 1.12 bits per heavy atom. The van der Waals surface area contributed by atoms with E-state index in [4.69, 9.17) is 5.11 Å². The van der Waals surface area contributed by atoms with Gasteiger partial charge in [0.05, 0.1) is 29.3 Å². The SMILES string of the molecule is Cc1cc(NC(=O)c2ccc(NS(=O)(=O)CCO)cc2N2CCC3(C(F)F)CC2C3)nc(N2CCC(F)(F)CC2)c1. The average molecular weight is 600 g/mol. The van der Waals surface area contributed by atoms with Crippen LogP contribution in [0.3, 0.4) is 0 Å². The summed E-state index contributed by atoms with van der Waals surface area (Å²) in [6.45, 7) is 1.76. The first-order chi connectivity index (χ1) is 19.3. The van der Waals surface area contributed by atoms with E-state index in [-0.39, 0.29) is 74.8 Å². The molecule has 3 aliphatic heterocycles. The zero-order chi connectivity index (χ0) is 29.6. The van der Waals surface area contributed by atoms with Crippen molar-refractivity contribution >= 4 is 38.9 Å². The van der Waals surface area contributed by atoms with Crippen LogP contribution in [0.15, 0.2) is 30.3 Å². The van der Waals surface area contributed by atoms with E-state index in [1.54, 1.807) is 24.0 Å². The van der Waals surface area contributed by atoms with Gasteiger partial charge in [-0.2, -0.15) is 0 Å². The number of carbonyl (C=O) groups excluding carboxylic acids is 1. The molecule has 14 heteroatoms. The van der Waals surface area contributed by atoms with Gasteiger partial charge in [-0.3, -0.25) is 9.52 Å². The van der Waals surface area contributed by atoms with Crippen LogP contribution >= 0.6 is 0 Å². The van der Waals surface area contributed by atoms with E-state index in [0.29, 0.717) is 11.5 Å². The van der Waals surface area contributed by atoms with E-state index in [2.05, 4.69) is 15.0 Å². The Balaban J connectivity index is 1.41. The molecule has 4 fully saturated rings. The number of alkyl halides is 4. The molecule has 3 N–H and O–H groups in total. The predicted octanol–water partition coefficient (Wildman–Crippen LogP) is 4.24. The Labute approximate surface area is 236 Å². The molecule has 1 saturated carbocycles. The number of anilines is 4. The standard InChI is InChI=1S/C27H33F4N5O4S/c1-17-12-22(32-23(13-17)35-7-5-27(30,31)6-8-35)33-24(38)20-3-2-18(34-41(39,40)11-10-37)14-21(20)36-9-4-26(25(28)29)15-19(36)16-26/h2-3,12-14,19,25,34,37H,4-11,15-16H2,1H3,(H,32,33,38). The molecule has 1 aromatic carbocycles. The fourth-order valence-corrected chi connectivity index (χ4v) is 6.76. The van der Waals surface area contributed by atoms with Gasteiger partial charge in [0, 0.05) is 43.9 Å². The number of piperidine rings is 3. The topological polar surface area (TPSA) is 115 Å². The summed E-state index contributed by atoms with van der Waals surface area (Å²) in [4.78, 5) is 21.7. The minimum absolute atomic E-state index is 0.130. The zero-order valence-electron chi connectivity index (χ0n) is 22.5. The Bertz CT molecular complexity index is 1400. The molecule has 4 aliphatic rings. The van der Waals surface area contributed by atoms with Crippen LogP contribution in [-0.4, -0.2) is 74.8 Å². The summed E-state index contributed by atoms with van der Waals surface area (Å²) in [6.07, 6.45) is -2.24. The van der Waals surface area contributed by atoms with E-state index in [0.717, 1.165) is 5.56 Å². The fourth-order valence-electron chi connectivity index (χ4n) is 5.93. The second kappa shape index (κ2) is 10.9. The van der Waals surface area contributed by atoms with Crippen molar-refractivity contribution in [2.45, 2.75) is 57.4 Å². The molecule has 9 nitrogen and oxygen atoms in total. The molecule has 2 bridgehead atoms. The highest BCUT2D eigenvalue weighted by molar-refractivity contribution is 7.92. The second-order valence-electron chi connectivity index (χ2n) is 11.2. The third kappa shape index (κ3) is 6.22. The molecule has 0 unspecified atom stereocenters. The van der Waals surface area contributed by atoms with Crippen molar-refractivity contribution in [3.8, 4) is 0 Å². The number of aliphatic hydroxyl groups is 1. The zero-order valence-corrected chi connectivity index (χ0v) is 23.4. The van der Waals surface area contributed by atoms with Gasteiger partial charge >= 0.3 is 0 Å². The maximum Gasteiger partial charge on any atom is 0.258 e. The highest BCUT2D eigenvalue weighted by Gasteiger charge is 2.56. The fraction of sp³-hybridized carbons (Fsp3) is 0.556. The summed E-state index contributed by atoms with van der Waals surface area (Å²) < 4.78 is 81.5. The van der Waals surface area contributed by atoms with E-state index < -0.39 is 46.1 Å². The second-order valence-corrected chi connectivity index (χ2v) is 13.1. The van der Waals surface area contributed by atoms with Crippen molar-refractivity contribution < 1.29 is 35.9 Å². The van der Waals surface area contributed by atoms with Gasteiger partial charge in [0.25, 0.3) is 11.8 Å². The lowest BCUT2D eigenvalue weighted by Gasteiger charge is -2.58. The number of aliphatic hydroxyl groups excluding tert-OH is 1. The van der Waals surface area contributed by atoms with Crippen molar-refractivity contribution in [2.24, 2.45) is 5.41 Å². The van der Waals surface area contributed by atoms with Gasteiger partial charge in [-0.25, -0.2) is 31.0 Å². The summed E-state index contributed by atoms with van der Waals surface area (Å²) in [6, 6.07) is 7.57. The Kier molecular flexibility index (Phi) is 7.83. The van der Waals surface area contributed by atoms with Crippen LogP contribution in [0, 0.1) is 12.3 Å². The van der Waals surface area contributed by atoms with Gasteiger partial charge in [-0.15, -0.1) is 0 Å². The minimum atomic E-state index is -3.85. The molecule has 1 aromatic heterocycles. The van der Waals surface area contributed by atoms with Gasteiger partial charge in [0.1, 0.15) is 11.6 Å². The Morgan fingerprint density at radius 3 is 2.44 bits per heavy atom. The van der Waals surface area contributed by atoms with E-state index in [9.17, 15) is 30.8 Å². The number of nitrogens with zero attached hydrogens (tertiary/aromatic N) is 3. The molecule has 2 aromatic rings. The van der Waals surface area contributed by atoms with Crippen LogP contribution in [0.4, 0.5) is 40.6 Å². The number of pyridine rings is 1. The molecule has 0 spiro atoms. The molecule has 3 saturated heterocycles. The van der Waals surface area contributed by atoms with E-state index in [1.807, 2.05) is 4.90 Å². The average Bonchev–Trinajstić information content (AvgIpc) is 2.87. The third-order valence-electron chi connectivity index (χ3n) is 8.24. The number of carbonyl (C=O) groups is 1. The first-order valence-corrected chi connectivity index (χ1v) is 15.2. The first kappa shape index (κ1) is 29.4. The number of nitrogens with one attached hydrogen (secondary N) is 2. The molecule has 41 heavy (non-hydrogen) atoms. The normalized spacial score (nSPS) is 23.7. The van der Waals surface area contributed by atoms with Gasteiger partial charge in [-0.05, 0) is 62.1 Å². The number of aryl methyl sites for hydroxylation is 1. The summed E-state index contributed by atoms with van der Waals surface area (Å²) in [5, 5.41) is 11.8. The van der Waals surface area contributed by atoms with E-state index in [1.165, 1.54) is 18.2 Å². The number of halogens is 4. The number of rotatable bonds is 9. The van der Waals surface area contributed by atoms with Crippen LogP contribution in [0.2, 0.25) is 0 Å². The predicted molar refractivity (Wildman–Crippen MR) is 148 cm³/mol. The third-order valence-corrected chi connectivity index (χ3v) is 9.51. The lowest BCUT2D eigenvalue weighted by molar-refractivity contribution is -0.0925. The largest absolute Gasteiger partial charge is 0.395 e. The summed E-state index contributed by atoms with van der Waals surface area (Å²) >= 11 is 0. The Hall–Kier alpha value is -3.13. The molecule has 0 radical (unpaired) electrons. The first-order valence-electron chi connectivity index (χ1n) is 13.5. The molecule has 0 atom stereocenters. The van der Waals surface area contributed by atoms with Crippen molar-refractivity contribution in [2.75, 3.05) is 51.8 Å². The summed E-state index contributed by atoms with van der Waals surface area (Å²) in [5.41, 5.74) is 0.516. The number of amides is 1. The number of hydrogen-bond acceptors (Lipinski definition) is 7. The van der Waals surface area contributed by atoms with Gasteiger partial charge in [-0.1, -0.05) is 0 Å². The smallest absolute Gasteiger partial charge is 0.258 e. The van der Waals surface area contributed by atoms with Crippen LogP contribution in [0.25, 0.3) is 0 Å². The highest BCUT2D eigenvalue weighted by Crippen LogP contribution is 2.55. The van der Waals surface area contributed by atoms with E-state index >= 15 is 0 Å². The summed E-state index contributed by atoms with van der Waals surface area (Å²) in [7, 11) is -3.85. The van der Waals surface area contributed by atoms with Crippen LogP contribution in [0.1, 0.15) is 48.0 Å². The molecular formula is C27H33F4N5O4S. The maximum atomic E-state index is 13.7. The molecule has 6 rings (SSSR count). The summed E-state index contributed by atoms with van der Waals surface area (Å²) in [5.74, 6) is -3.07.